The Bertz CT molecular complexity index is 489. The zero-order valence-corrected chi connectivity index (χ0v) is 11.7. The first kappa shape index (κ1) is 12.3. The van der Waals surface area contributed by atoms with Crippen molar-refractivity contribution >= 4 is 33.1 Å². The molecular formula is C11H12BrN3OS. The average molecular weight is 314 g/mol. The van der Waals surface area contributed by atoms with Crippen LogP contribution in [0.4, 0.5) is 5.82 Å². The van der Waals surface area contributed by atoms with E-state index in [1.54, 1.807) is 17.4 Å². The highest BCUT2D eigenvalue weighted by Gasteiger charge is 2.02. The van der Waals surface area contributed by atoms with Crippen LogP contribution in [0.15, 0.2) is 28.3 Å². The van der Waals surface area contributed by atoms with E-state index in [1.165, 1.54) is 11.2 Å². The maximum atomic E-state index is 5.31. The quantitative estimate of drug-likeness (QED) is 0.920. The summed E-state index contributed by atoms with van der Waals surface area (Å²) in [5.41, 5.74) is 0. The largest absolute Gasteiger partial charge is 0.478 e. The third-order valence-corrected chi connectivity index (χ3v) is 3.98. The zero-order chi connectivity index (χ0) is 12.1. The Balaban J connectivity index is 1.99. The molecule has 1 N–H and O–H groups in total. The van der Waals surface area contributed by atoms with Gasteiger partial charge < -0.3 is 10.1 Å². The molecule has 2 aromatic rings. The molecule has 0 aliphatic heterocycles. The first-order chi connectivity index (χ1) is 8.29. The third-order valence-electron chi connectivity index (χ3n) is 2.06. The fraction of sp³-hybridized carbons (Fsp3) is 0.273. The van der Waals surface area contributed by atoms with Crippen LogP contribution in [-0.2, 0) is 6.54 Å². The van der Waals surface area contributed by atoms with E-state index in [2.05, 4.69) is 31.2 Å². The lowest BCUT2D eigenvalue weighted by Gasteiger charge is -2.06. The summed E-state index contributed by atoms with van der Waals surface area (Å²) in [5.74, 6) is 1.36. The van der Waals surface area contributed by atoms with E-state index >= 15 is 0 Å². The minimum absolute atomic E-state index is 0.593. The minimum Gasteiger partial charge on any atom is -0.478 e. The molecule has 0 radical (unpaired) electrons. The molecule has 90 valence electrons. The molecule has 2 aromatic heterocycles. The highest BCUT2D eigenvalue weighted by molar-refractivity contribution is 9.10. The van der Waals surface area contributed by atoms with Crippen molar-refractivity contribution in [1.29, 1.82) is 0 Å². The second-order valence-corrected chi connectivity index (χ2v) is 5.07. The first-order valence-electron chi connectivity index (χ1n) is 5.20. The molecule has 0 aromatic carbocycles. The third kappa shape index (κ3) is 3.41. The van der Waals surface area contributed by atoms with Crippen molar-refractivity contribution in [2.24, 2.45) is 0 Å². The van der Waals surface area contributed by atoms with Crippen LogP contribution in [0.3, 0.4) is 0 Å². The SMILES string of the molecule is CCOc1cc(NCc2sccc2Br)ncn1. The van der Waals surface area contributed by atoms with Crippen LogP contribution in [0.25, 0.3) is 0 Å². The Morgan fingerprint density at radius 2 is 2.35 bits per heavy atom. The molecule has 0 amide bonds. The van der Waals surface area contributed by atoms with Gasteiger partial charge in [0.25, 0.3) is 0 Å². The summed E-state index contributed by atoms with van der Waals surface area (Å²) in [4.78, 5) is 9.39. The molecule has 2 heterocycles. The highest BCUT2D eigenvalue weighted by atomic mass is 79.9. The lowest BCUT2D eigenvalue weighted by Crippen LogP contribution is -2.02. The van der Waals surface area contributed by atoms with Gasteiger partial charge in [-0.2, -0.15) is 0 Å². The fourth-order valence-electron chi connectivity index (χ4n) is 1.29. The maximum Gasteiger partial charge on any atom is 0.218 e. The predicted octanol–water partition coefficient (Wildman–Crippen LogP) is 3.31. The van der Waals surface area contributed by atoms with Crippen molar-refractivity contribution in [2.75, 3.05) is 11.9 Å². The second-order valence-electron chi connectivity index (χ2n) is 3.22. The molecule has 0 unspecified atom stereocenters. The zero-order valence-electron chi connectivity index (χ0n) is 9.31. The molecule has 6 heteroatoms. The van der Waals surface area contributed by atoms with Crippen molar-refractivity contribution in [3.8, 4) is 5.88 Å². The molecule has 4 nitrogen and oxygen atoms in total. The normalized spacial score (nSPS) is 10.2. The van der Waals surface area contributed by atoms with E-state index in [0.717, 1.165) is 16.8 Å². The number of hydrogen-bond donors (Lipinski definition) is 1. The van der Waals surface area contributed by atoms with Crippen LogP contribution in [0.2, 0.25) is 0 Å². The van der Waals surface area contributed by atoms with Crippen LogP contribution in [-0.4, -0.2) is 16.6 Å². The van der Waals surface area contributed by atoms with Gasteiger partial charge in [-0.05, 0) is 34.3 Å². The van der Waals surface area contributed by atoms with Crippen molar-refractivity contribution in [3.63, 3.8) is 0 Å². The van der Waals surface area contributed by atoms with Gasteiger partial charge in [0.2, 0.25) is 5.88 Å². The molecule has 2 rings (SSSR count). The van der Waals surface area contributed by atoms with E-state index in [-0.39, 0.29) is 0 Å². The number of hydrogen-bond acceptors (Lipinski definition) is 5. The molecule has 0 aliphatic carbocycles. The Hall–Kier alpha value is -1.14. The van der Waals surface area contributed by atoms with Crippen LogP contribution in [0.5, 0.6) is 5.88 Å². The van der Waals surface area contributed by atoms with Gasteiger partial charge in [-0.3, -0.25) is 0 Å². The molecule has 0 atom stereocenters. The number of anilines is 1. The van der Waals surface area contributed by atoms with Gasteiger partial charge in [-0.15, -0.1) is 11.3 Å². The molecule has 0 saturated heterocycles. The summed E-state index contributed by atoms with van der Waals surface area (Å²) in [6.45, 7) is 3.27. The molecule has 17 heavy (non-hydrogen) atoms. The second kappa shape index (κ2) is 5.97. The van der Waals surface area contributed by atoms with E-state index in [4.69, 9.17) is 4.74 Å². The van der Waals surface area contributed by atoms with Crippen LogP contribution < -0.4 is 10.1 Å². The summed E-state index contributed by atoms with van der Waals surface area (Å²) in [5, 5.41) is 5.28. The Kier molecular flexibility index (Phi) is 4.33. The smallest absolute Gasteiger partial charge is 0.218 e. The summed E-state index contributed by atoms with van der Waals surface area (Å²) < 4.78 is 6.43. The van der Waals surface area contributed by atoms with Crippen molar-refractivity contribution in [1.82, 2.24) is 9.97 Å². The monoisotopic (exact) mass is 313 g/mol. The topological polar surface area (TPSA) is 47.0 Å². The number of nitrogens with one attached hydrogen (secondary N) is 1. The number of rotatable bonds is 5. The van der Waals surface area contributed by atoms with Gasteiger partial charge in [-0.25, -0.2) is 9.97 Å². The highest BCUT2D eigenvalue weighted by Crippen LogP contribution is 2.23. The molecular weight excluding hydrogens is 302 g/mol. The number of halogens is 1. The van der Waals surface area contributed by atoms with Crippen LogP contribution in [0.1, 0.15) is 11.8 Å². The van der Waals surface area contributed by atoms with Crippen molar-refractivity contribution < 1.29 is 4.74 Å². The van der Waals surface area contributed by atoms with Gasteiger partial charge in [0.15, 0.2) is 0 Å². The Morgan fingerprint density at radius 1 is 1.47 bits per heavy atom. The number of aromatic nitrogens is 2. The lowest BCUT2D eigenvalue weighted by atomic mass is 10.4. The summed E-state index contributed by atoms with van der Waals surface area (Å²) >= 11 is 5.19. The summed E-state index contributed by atoms with van der Waals surface area (Å²) in [6, 6.07) is 3.83. The number of ether oxygens (including phenoxy) is 1. The molecule has 0 spiro atoms. The van der Waals surface area contributed by atoms with Crippen molar-refractivity contribution in [3.05, 3.63) is 33.2 Å². The number of nitrogens with zero attached hydrogens (tertiary/aromatic N) is 2. The molecule has 0 saturated carbocycles. The Labute approximate surface area is 112 Å². The lowest BCUT2D eigenvalue weighted by molar-refractivity contribution is 0.326. The van der Waals surface area contributed by atoms with Gasteiger partial charge >= 0.3 is 0 Å². The predicted molar refractivity (Wildman–Crippen MR) is 72.5 cm³/mol. The van der Waals surface area contributed by atoms with E-state index in [0.29, 0.717) is 12.5 Å². The van der Waals surface area contributed by atoms with E-state index in [1.807, 2.05) is 18.4 Å². The molecule has 0 fully saturated rings. The van der Waals surface area contributed by atoms with Crippen LogP contribution in [0, 0.1) is 0 Å². The van der Waals surface area contributed by atoms with Gasteiger partial charge in [-0.1, -0.05) is 0 Å². The van der Waals surface area contributed by atoms with Crippen LogP contribution >= 0.6 is 27.3 Å². The fourth-order valence-corrected chi connectivity index (χ4v) is 2.72. The van der Waals surface area contributed by atoms with Gasteiger partial charge in [0.1, 0.15) is 12.1 Å². The maximum absolute atomic E-state index is 5.31. The standard InChI is InChI=1S/C11H12BrN3OS/c1-2-16-11-5-10(14-7-15-11)13-6-9-8(12)3-4-17-9/h3-5,7H,2,6H2,1H3,(H,13,14,15). The summed E-state index contributed by atoms with van der Waals surface area (Å²) in [7, 11) is 0. The average Bonchev–Trinajstić information content (AvgIpc) is 2.73. The first-order valence-corrected chi connectivity index (χ1v) is 6.87. The summed E-state index contributed by atoms with van der Waals surface area (Å²) in [6.07, 6.45) is 1.50. The van der Waals surface area contributed by atoms with Gasteiger partial charge in [0, 0.05) is 15.4 Å². The minimum atomic E-state index is 0.593. The number of thiophene rings is 1. The van der Waals surface area contributed by atoms with E-state index < -0.39 is 0 Å². The Morgan fingerprint density at radius 3 is 3.06 bits per heavy atom. The molecule has 0 bridgehead atoms. The van der Waals surface area contributed by atoms with Crippen molar-refractivity contribution in [2.45, 2.75) is 13.5 Å². The molecule has 0 aliphatic rings. The van der Waals surface area contributed by atoms with E-state index in [9.17, 15) is 0 Å². The van der Waals surface area contributed by atoms with Gasteiger partial charge in [0.05, 0.1) is 13.2 Å².